The Labute approximate surface area is 116 Å². The summed E-state index contributed by atoms with van der Waals surface area (Å²) in [5.41, 5.74) is 0.226. The molecule has 1 aromatic carbocycles. The number of morpholine rings is 1. The first-order chi connectivity index (χ1) is 9.61. The summed E-state index contributed by atoms with van der Waals surface area (Å²) in [5, 5.41) is 30.0. The van der Waals surface area contributed by atoms with E-state index in [-0.39, 0.29) is 16.8 Å². The molecule has 106 valence electrons. The maximum Gasteiger partial charge on any atom is 0.276 e. The van der Waals surface area contributed by atoms with Gasteiger partial charge in [-0.05, 0) is 12.1 Å². The minimum absolute atomic E-state index is 0.207. The summed E-state index contributed by atoms with van der Waals surface area (Å²) in [6.45, 7) is 2.91. The van der Waals surface area contributed by atoms with Crippen molar-refractivity contribution in [3.05, 3.63) is 39.4 Å². The number of nitriles is 1. The van der Waals surface area contributed by atoms with Crippen LogP contribution in [0.25, 0.3) is 0 Å². The molecule has 1 aliphatic rings. The first-order valence-corrected chi connectivity index (χ1v) is 6.28. The first kappa shape index (κ1) is 14.4. The molecule has 1 unspecified atom stereocenters. The average molecular weight is 277 g/mol. The van der Waals surface area contributed by atoms with E-state index in [4.69, 9.17) is 10.00 Å². The van der Waals surface area contributed by atoms with Crippen LogP contribution in [0, 0.1) is 21.4 Å². The molecule has 20 heavy (non-hydrogen) atoms. The molecule has 0 bridgehead atoms. The predicted molar refractivity (Wildman–Crippen MR) is 70.0 cm³/mol. The van der Waals surface area contributed by atoms with E-state index in [0.29, 0.717) is 32.8 Å². The zero-order valence-electron chi connectivity index (χ0n) is 10.9. The average Bonchev–Trinajstić information content (AvgIpc) is 2.47. The van der Waals surface area contributed by atoms with Crippen LogP contribution in [0.4, 0.5) is 5.69 Å². The Morgan fingerprint density at radius 1 is 1.50 bits per heavy atom. The Morgan fingerprint density at radius 2 is 2.20 bits per heavy atom. The molecule has 7 nitrogen and oxygen atoms in total. The van der Waals surface area contributed by atoms with Crippen molar-refractivity contribution in [2.24, 2.45) is 0 Å². The van der Waals surface area contributed by atoms with Gasteiger partial charge in [0.05, 0.1) is 41.4 Å². The molecule has 1 aromatic rings. The van der Waals surface area contributed by atoms with E-state index in [9.17, 15) is 15.2 Å². The minimum atomic E-state index is -0.957. The minimum Gasteiger partial charge on any atom is -0.387 e. The third-order valence-corrected chi connectivity index (χ3v) is 3.25. The summed E-state index contributed by atoms with van der Waals surface area (Å²) in [6, 6.07) is 5.97. The fourth-order valence-corrected chi connectivity index (χ4v) is 2.18. The van der Waals surface area contributed by atoms with Crippen molar-refractivity contribution in [2.45, 2.75) is 6.10 Å². The Balaban J connectivity index is 2.18. The standard InChI is InChI=1S/C13H15N3O4/c14-8-10-1-2-11(12(7-10)16(18)19)13(17)9-15-3-5-20-6-4-15/h1-2,7,13,17H,3-6,9H2. The van der Waals surface area contributed by atoms with Gasteiger partial charge in [-0.2, -0.15) is 5.26 Å². The van der Waals surface area contributed by atoms with Crippen LogP contribution in [0.5, 0.6) is 0 Å². The number of ether oxygens (including phenoxy) is 1. The van der Waals surface area contributed by atoms with Crippen molar-refractivity contribution in [2.75, 3.05) is 32.8 Å². The molecule has 0 radical (unpaired) electrons. The third-order valence-electron chi connectivity index (χ3n) is 3.25. The summed E-state index contributed by atoms with van der Waals surface area (Å²) in [4.78, 5) is 12.5. The van der Waals surface area contributed by atoms with Gasteiger partial charge in [0.1, 0.15) is 0 Å². The van der Waals surface area contributed by atoms with Gasteiger partial charge in [-0.1, -0.05) is 0 Å². The number of rotatable bonds is 4. The lowest BCUT2D eigenvalue weighted by Gasteiger charge is -2.28. The van der Waals surface area contributed by atoms with E-state index < -0.39 is 11.0 Å². The molecule has 1 fully saturated rings. The van der Waals surface area contributed by atoms with Crippen LogP contribution in [0.1, 0.15) is 17.2 Å². The SMILES string of the molecule is N#Cc1ccc(C(O)CN2CCOCC2)c([N+](=O)[O-])c1. The second-order valence-corrected chi connectivity index (χ2v) is 4.57. The highest BCUT2D eigenvalue weighted by molar-refractivity contribution is 5.48. The number of nitro benzene ring substituents is 1. The molecule has 1 saturated heterocycles. The number of hydrogen-bond acceptors (Lipinski definition) is 6. The number of aliphatic hydroxyl groups is 1. The summed E-state index contributed by atoms with van der Waals surface area (Å²) in [7, 11) is 0. The lowest BCUT2D eigenvalue weighted by Crippen LogP contribution is -2.38. The zero-order chi connectivity index (χ0) is 14.5. The van der Waals surface area contributed by atoms with Gasteiger partial charge in [0.2, 0.25) is 0 Å². The van der Waals surface area contributed by atoms with Crippen molar-refractivity contribution in [3.63, 3.8) is 0 Å². The normalized spacial score (nSPS) is 17.4. The molecule has 1 heterocycles. The van der Waals surface area contributed by atoms with Crippen LogP contribution in [0.15, 0.2) is 18.2 Å². The number of β-amino-alcohol motifs (C(OH)–C–C–N with tert-alkyl or cyclic N) is 1. The molecule has 0 aliphatic carbocycles. The van der Waals surface area contributed by atoms with Gasteiger partial charge in [0, 0.05) is 25.7 Å². The molecule has 0 spiro atoms. The summed E-state index contributed by atoms with van der Waals surface area (Å²) in [6.07, 6.45) is -0.957. The molecule has 2 rings (SSSR count). The van der Waals surface area contributed by atoms with E-state index in [1.54, 1.807) is 0 Å². The lowest BCUT2D eigenvalue weighted by atomic mass is 10.0. The number of hydrogen-bond donors (Lipinski definition) is 1. The number of nitro groups is 1. The first-order valence-electron chi connectivity index (χ1n) is 6.28. The van der Waals surface area contributed by atoms with Gasteiger partial charge < -0.3 is 9.84 Å². The third kappa shape index (κ3) is 3.30. The molecule has 0 aromatic heterocycles. The van der Waals surface area contributed by atoms with E-state index in [0.717, 1.165) is 0 Å². The number of aliphatic hydroxyl groups excluding tert-OH is 1. The molecule has 7 heteroatoms. The second kappa shape index (κ2) is 6.43. The van der Waals surface area contributed by atoms with Crippen LogP contribution in [0.3, 0.4) is 0 Å². The largest absolute Gasteiger partial charge is 0.387 e. The molecule has 0 amide bonds. The van der Waals surface area contributed by atoms with Gasteiger partial charge in [-0.25, -0.2) is 0 Å². The Hall–Kier alpha value is -2.01. The van der Waals surface area contributed by atoms with Crippen LogP contribution >= 0.6 is 0 Å². The fraction of sp³-hybridized carbons (Fsp3) is 0.462. The predicted octanol–water partition coefficient (Wildman–Crippen LogP) is 0.832. The maximum atomic E-state index is 11.0. The topological polar surface area (TPSA) is 99.6 Å². The van der Waals surface area contributed by atoms with Crippen molar-refractivity contribution in [1.29, 1.82) is 5.26 Å². The lowest BCUT2D eigenvalue weighted by molar-refractivity contribution is -0.386. The highest BCUT2D eigenvalue weighted by Crippen LogP contribution is 2.27. The van der Waals surface area contributed by atoms with Crippen molar-refractivity contribution in [1.82, 2.24) is 4.90 Å². The Morgan fingerprint density at radius 3 is 2.80 bits per heavy atom. The molecule has 0 saturated carbocycles. The number of nitrogens with zero attached hydrogens (tertiary/aromatic N) is 3. The van der Waals surface area contributed by atoms with E-state index in [1.807, 2.05) is 11.0 Å². The van der Waals surface area contributed by atoms with Crippen molar-refractivity contribution in [3.8, 4) is 6.07 Å². The molecule has 1 atom stereocenters. The van der Waals surface area contributed by atoms with Gasteiger partial charge in [-0.15, -0.1) is 0 Å². The second-order valence-electron chi connectivity index (χ2n) is 4.57. The summed E-state index contributed by atoms with van der Waals surface area (Å²) in [5.74, 6) is 0. The van der Waals surface area contributed by atoms with E-state index in [1.165, 1.54) is 18.2 Å². The number of benzene rings is 1. The molecular weight excluding hydrogens is 262 g/mol. The van der Waals surface area contributed by atoms with Gasteiger partial charge in [0.25, 0.3) is 5.69 Å². The molecular formula is C13H15N3O4. The summed E-state index contributed by atoms with van der Waals surface area (Å²) >= 11 is 0. The Kier molecular flexibility index (Phi) is 4.63. The van der Waals surface area contributed by atoms with Gasteiger partial charge >= 0.3 is 0 Å². The van der Waals surface area contributed by atoms with Gasteiger partial charge in [0.15, 0.2) is 0 Å². The zero-order valence-corrected chi connectivity index (χ0v) is 10.9. The monoisotopic (exact) mass is 277 g/mol. The van der Waals surface area contributed by atoms with Crippen LogP contribution in [-0.2, 0) is 4.74 Å². The quantitative estimate of drug-likeness (QED) is 0.646. The van der Waals surface area contributed by atoms with E-state index >= 15 is 0 Å². The maximum absolute atomic E-state index is 11.0. The van der Waals surface area contributed by atoms with E-state index in [2.05, 4.69) is 0 Å². The van der Waals surface area contributed by atoms with Crippen molar-refractivity contribution < 1.29 is 14.8 Å². The Bertz CT molecular complexity index is 535. The van der Waals surface area contributed by atoms with Crippen LogP contribution in [-0.4, -0.2) is 47.8 Å². The molecule has 1 N–H and O–H groups in total. The van der Waals surface area contributed by atoms with Crippen molar-refractivity contribution >= 4 is 5.69 Å². The van der Waals surface area contributed by atoms with Crippen LogP contribution < -0.4 is 0 Å². The smallest absolute Gasteiger partial charge is 0.276 e. The van der Waals surface area contributed by atoms with Gasteiger partial charge in [-0.3, -0.25) is 15.0 Å². The molecule has 1 aliphatic heterocycles. The highest BCUT2D eigenvalue weighted by atomic mass is 16.6. The summed E-state index contributed by atoms with van der Waals surface area (Å²) < 4.78 is 5.21. The highest BCUT2D eigenvalue weighted by Gasteiger charge is 2.23. The van der Waals surface area contributed by atoms with Crippen LogP contribution in [0.2, 0.25) is 0 Å². The fourth-order valence-electron chi connectivity index (χ4n) is 2.18.